The molecule has 0 saturated heterocycles. The molecule has 1 saturated carbocycles. The van der Waals surface area contributed by atoms with Crippen molar-refractivity contribution in [3.8, 4) is 0 Å². The zero-order valence-electron chi connectivity index (χ0n) is 11.8. The smallest absolute Gasteiger partial charge is 0.217 e. The van der Waals surface area contributed by atoms with Crippen LogP contribution in [0.4, 0.5) is 4.39 Å². The molecule has 1 aliphatic heterocycles. The molecule has 0 bridgehead atoms. The van der Waals surface area contributed by atoms with Crippen molar-refractivity contribution < 1.29 is 9.18 Å². The molecule has 1 aromatic heterocycles. The number of aryl methyl sites for hydroxylation is 1. The van der Waals surface area contributed by atoms with Gasteiger partial charge in [-0.05, 0) is 30.9 Å². The third-order valence-corrected chi connectivity index (χ3v) is 4.38. The topological polar surface area (TPSA) is 47.8 Å². The van der Waals surface area contributed by atoms with Crippen molar-refractivity contribution in [1.29, 1.82) is 0 Å². The number of fused-ring (bicyclic) bond motifs is 1. The lowest BCUT2D eigenvalue weighted by molar-refractivity contribution is 0.0956. The Balaban J connectivity index is 1.75. The van der Waals surface area contributed by atoms with Crippen LogP contribution in [-0.4, -0.2) is 20.5 Å². The number of alkyl halides is 1. The molecule has 2 heterocycles. The van der Waals surface area contributed by atoms with Crippen molar-refractivity contribution in [3.63, 3.8) is 0 Å². The lowest BCUT2D eigenvalue weighted by Crippen LogP contribution is -2.11. The van der Waals surface area contributed by atoms with Crippen molar-refractivity contribution in [2.45, 2.75) is 38.4 Å². The number of hydrogen-bond donors (Lipinski definition) is 0. The molecular weight excluding hydrogens is 269 g/mol. The minimum atomic E-state index is -1.15. The third-order valence-electron chi connectivity index (χ3n) is 4.38. The highest BCUT2D eigenvalue weighted by molar-refractivity contribution is 5.95. The highest BCUT2D eigenvalue weighted by Crippen LogP contribution is 2.41. The maximum Gasteiger partial charge on any atom is 0.217 e. The van der Waals surface area contributed by atoms with E-state index in [2.05, 4.69) is 10.1 Å². The number of halogens is 1. The molecule has 1 fully saturated rings. The van der Waals surface area contributed by atoms with Gasteiger partial charge in [0.2, 0.25) is 11.6 Å². The molecule has 4 nitrogen and oxygen atoms in total. The van der Waals surface area contributed by atoms with Gasteiger partial charge in [0, 0.05) is 12.3 Å². The Morgan fingerprint density at radius 2 is 2.10 bits per heavy atom. The van der Waals surface area contributed by atoms with Gasteiger partial charge in [0.25, 0.3) is 0 Å². The normalized spacial score (nSPS) is 24.1. The average Bonchev–Trinajstić information content (AvgIpc) is 3.15. The van der Waals surface area contributed by atoms with Gasteiger partial charge >= 0.3 is 0 Å². The van der Waals surface area contributed by atoms with E-state index in [1.165, 1.54) is 0 Å². The number of rotatable bonds is 3. The summed E-state index contributed by atoms with van der Waals surface area (Å²) in [4.78, 5) is 16.2. The number of carbonyl (C=O) groups excluding carboxylic acids is 1. The molecule has 0 N–H and O–H groups in total. The highest BCUT2D eigenvalue weighted by Gasteiger charge is 2.39. The van der Waals surface area contributed by atoms with Gasteiger partial charge in [-0.3, -0.25) is 4.79 Å². The second kappa shape index (κ2) is 4.48. The number of ketones is 1. The van der Waals surface area contributed by atoms with E-state index >= 15 is 0 Å². The van der Waals surface area contributed by atoms with Crippen LogP contribution in [0, 0.1) is 12.8 Å². The summed E-state index contributed by atoms with van der Waals surface area (Å²) in [5, 5.41) is 4.32. The molecule has 0 spiro atoms. The SMILES string of the molecule is Cc1ccccc1[C@@H]1CC(F)c2nc(C(=O)C3CC3)nn21. The van der Waals surface area contributed by atoms with E-state index in [0.717, 1.165) is 24.0 Å². The summed E-state index contributed by atoms with van der Waals surface area (Å²) >= 11 is 0. The van der Waals surface area contributed by atoms with E-state index in [1.54, 1.807) is 4.68 Å². The molecule has 2 aliphatic rings. The second-order valence-electron chi connectivity index (χ2n) is 5.95. The molecule has 2 aromatic rings. The zero-order valence-corrected chi connectivity index (χ0v) is 11.8. The van der Waals surface area contributed by atoms with E-state index in [4.69, 9.17) is 0 Å². The van der Waals surface area contributed by atoms with E-state index in [9.17, 15) is 9.18 Å². The molecule has 108 valence electrons. The summed E-state index contributed by atoms with van der Waals surface area (Å²) in [7, 11) is 0. The van der Waals surface area contributed by atoms with Crippen LogP contribution < -0.4 is 0 Å². The number of benzene rings is 1. The van der Waals surface area contributed by atoms with Crippen LogP contribution in [0.25, 0.3) is 0 Å². The fraction of sp³-hybridized carbons (Fsp3) is 0.438. The minimum Gasteiger partial charge on any atom is -0.290 e. The standard InChI is InChI=1S/C16H16FN3O/c1-9-4-2-3-5-11(9)13-8-12(17)16-18-15(19-20(13)16)14(21)10-6-7-10/h2-5,10,12-13H,6-8H2,1H3/t12?,13-/m0/s1. The van der Waals surface area contributed by atoms with E-state index < -0.39 is 6.17 Å². The Morgan fingerprint density at radius 1 is 1.33 bits per heavy atom. The Bertz CT molecular complexity index is 720. The fourth-order valence-electron chi connectivity index (χ4n) is 3.03. The minimum absolute atomic E-state index is 0.0346. The Morgan fingerprint density at radius 3 is 2.81 bits per heavy atom. The van der Waals surface area contributed by atoms with Gasteiger partial charge in [-0.1, -0.05) is 24.3 Å². The van der Waals surface area contributed by atoms with Gasteiger partial charge in [-0.2, -0.15) is 0 Å². The summed E-state index contributed by atoms with van der Waals surface area (Å²) in [5.41, 5.74) is 2.15. The van der Waals surface area contributed by atoms with Crippen LogP contribution in [0.2, 0.25) is 0 Å². The number of Topliss-reactive ketones (excluding diaryl/α,β-unsaturated/α-hetero) is 1. The number of carbonyl (C=O) groups is 1. The highest BCUT2D eigenvalue weighted by atomic mass is 19.1. The van der Waals surface area contributed by atoms with Crippen LogP contribution in [-0.2, 0) is 0 Å². The lowest BCUT2D eigenvalue weighted by Gasteiger charge is -2.14. The van der Waals surface area contributed by atoms with Crippen molar-refractivity contribution in [2.24, 2.45) is 5.92 Å². The van der Waals surface area contributed by atoms with Gasteiger partial charge in [0.15, 0.2) is 12.0 Å². The maximum absolute atomic E-state index is 14.2. The Labute approximate surface area is 122 Å². The third kappa shape index (κ3) is 1.99. The molecule has 21 heavy (non-hydrogen) atoms. The first-order valence-corrected chi connectivity index (χ1v) is 7.35. The van der Waals surface area contributed by atoms with Gasteiger partial charge in [-0.25, -0.2) is 14.1 Å². The van der Waals surface area contributed by atoms with E-state index in [1.807, 2.05) is 31.2 Å². The van der Waals surface area contributed by atoms with Crippen LogP contribution in [0.15, 0.2) is 24.3 Å². The number of nitrogens with zero attached hydrogens (tertiary/aromatic N) is 3. The molecule has 1 unspecified atom stereocenters. The van der Waals surface area contributed by atoms with Crippen LogP contribution >= 0.6 is 0 Å². The first kappa shape index (κ1) is 12.7. The molecule has 2 atom stereocenters. The summed E-state index contributed by atoms with van der Waals surface area (Å²) in [6.45, 7) is 2.01. The molecule has 1 aromatic carbocycles. The van der Waals surface area contributed by atoms with Crippen LogP contribution in [0.5, 0.6) is 0 Å². The summed E-state index contributed by atoms with van der Waals surface area (Å²) in [6.07, 6.45) is 1.01. The number of hydrogen-bond acceptors (Lipinski definition) is 3. The second-order valence-corrected chi connectivity index (χ2v) is 5.95. The van der Waals surface area contributed by atoms with Crippen molar-refractivity contribution >= 4 is 5.78 Å². The van der Waals surface area contributed by atoms with Crippen LogP contribution in [0.1, 0.15) is 59.0 Å². The molecule has 0 amide bonds. The van der Waals surface area contributed by atoms with E-state index in [0.29, 0.717) is 12.2 Å². The largest absolute Gasteiger partial charge is 0.290 e. The number of aromatic nitrogens is 3. The van der Waals surface area contributed by atoms with Crippen molar-refractivity contribution in [1.82, 2.24) is 14.8 Å². The first-order chi connectivity index (χ1) is 10.1. The summed E-state index contributed by atoms with van der Waals surface area (Å²) < 4.78 is 15.9. The average molecular weight is 285 g/mol. The zero-order chi connectivity index (χ0) is 14.6. The van der Waals surface area contributed by atoms with Gasteiger partial charge < -0.3 is 0 Å². The van der Waals surface area contributed by atoms with Crippen molar-refractivity contribution in [2.75, 3.05) is 0 Å². The van der Waals surface area contributed by atoms with Crippen molar-refractivity contribution in [3.05, 3.63) is 47.0 Å². The quantitative estimate of drug-likeness (QED) is 0.814. The predicted molar refractivity (Wildman–Crippen MR) is 74.9 cm³/mol. The molecular formula is C16H16FN3O. The predicted octanol–water partition coefficient (Wildman–Crippen LogP) is 3.18. The Hall–Kier alpha value is -2.04. The molecule has 5 heteroatoms. The molecule has 1 aliphatic carbocycles. The molecule has 4 rings (SSSR count). The fourth-order valence-corrected chi connectivity index (χ4v) is 3.03. The van der Waals surface area contributed by atoms with Gasteiger partial charge in [-0.15, -0.1) is 5.10 Å². The van der Waals surface area contributed by atoms with E-state index in [-0.39, 0.29) is 23.6 Å². The monoisotopic (exact) mass is 285 g/mol. The summed E-state index contributed by atoms with van der Waals surface area (Å²) in [6, 6.07) is 7.75. The first-order valence-electron chi connectivity index (χ1n) is 7.35. The van der Waals surface area contributed by atoms with Crippen LogP contribution in [0.3, 0.4) is 0 Å². The van der Waals surface area contributed by atoms with Gasteiger partial charge in [0.05, 0.1) is 6.04 Å². The van der Waals surface area contributed by atoms with Gasteiger partial charge in [0.1, 0.15) is 0 Å². The Kier molecular flexibility index (Phi) is 2.71. The maximum atomic E-state index is 14.2. The molecule has 0 radical (unpaired) electrons. The lowest BCUT2D eigenvalue weighted by atomic mass is 9.99. The summed E-state index contributed by atoms with van der Waals surface area (Å²) in [5.74, 6) is 0.511.